The van der Waals surface area contributed by atoms with Crippen LogP contribution in [0.2, 0.25) is 10.0 Å². The summed E-state index contributed by atoms with van der Waals surface area (Å²) in [6.07, 6.45) is 1.81. The van der Waals surface area contributed by atoms with Gasteiger partial charge in [0, 0.05) is 29.7 Å². The summed E-state index contributed by atoms with van der Waals surface area (Å²) in [5, 5.41) is 7.31. The third kappa shape index (κ3) is 4.23. The fraction of sp³-hybridized carbons (Fsp3) is 0.176. The van der Waals surface area contributed by atoms with Crippen LogP contribution in [-0.4, -0.2) is 25.0 Å². The Balaban J connectivity index is 2.58. The summed E-state index contributed by atoms with van der Waals surface area (Å²) in [6, 6.07) is 5.34. The molecule has 1 aliphatic heterocycles. The maximum atomic E-state index is 12.0. The minimum Gasteiger partial charge on any atom is -0.374 e. The Labute approximate surface area is 155 Å². The van der Waals surface area contributed by atoms with Crippen molar-refractivity contribution in [3.63, 3.8) is 0 Å². The third-order valence-corrected chi connectivity index (χ3v) is 4.85. The summed E-state index contributed by atoms with van der Waals surface area (Å²) in [7, 11) is 3.34. The van der Waals surface area contributed by atoms with E-state index in [9.17, 15) is 4.79 Å². The monoisotopic (exact) mass is 381 g/mol. The number of amides is 1. The molecule has 0 aromatic heterocycles. The van der Waals surface area contributed by atoms with Crippen LogP contribution < -0.4 is 10.6 Å². The molecule has 7 heteroatoms. The van der Waals surface area contributed by atoms with Gasteiger partial charge >= 0.3 is 0 Å². The molecule has 0 spiro atoms. The first-order chi connectivity index (χ1) is 11.3. The summed E-state index contributed by atoms with van der Waals surface area (Å²) >= 11 is 13.5. The fourth-order valence-electron chi connectivity index (χ4n) is 2.07. The Morgan fingerprint density at radius 3 is 2.33 bits per heavy atom. The molecule has 2 rings (SSSR count). The van der Waals surface area contributed by atoms with Crippen LogP contribution in [0.25, 0.3) is 5.57 Å². The SMILES string of the molecule is C=C(/N=C1/SC(C(=O)NC)=C/C1=C(/C)c1cc(Cl)cc(Cl)c1)NC. The van der Waals surface area contributed by atoms with E-state index in [0.29, 0.717) is 25.8 Å². The molecule has 1 aliphatic rings. The van der Waals surface area contributed by atoms with Crippen LogP contribution in [0.1, 0.15) is 12.5 Å². The van der Waals surface area contributed by atoms with E-state index >= 15 is 0 Å². The predicted molar refractivity (Wildman–Crippen MR) is 104 cm³/mol. The summed E-state index contributed by atoms with van der Waals surface area (Å²) in [5.41, 5.74) is 2.64. The summed E-state index contributed by atoms with van der Waals surface area (Å²) in [4.78, 5) is 17.0. The molecular weight excluding hydrogens is 365 g/mol. The van der Waals surface area contributed by atoms with E-state index in [2.05, 4.69) is 22.2 Å². The number of thioether (sulfide) groups is 1. The Morgan fingerprint density at radius 2 is 1.79 bits per heavy atom. The average molecular weight is 382 g/mol. The van der Waals surface area contributed by atoms with Gasteiger partial charge in [0.15, 0.2) is 0 Å². The van der Waals surface area contributed by atoms with Crippen LogP contribution in [0.3, 0.4) is 0 Å². The lowest BCUT2D eigenvalue weighted by atomic mass is 10.0. The van der Waals surface area contributed by atoms with E-state index in [1.54, 1.807) is 20.2 Å². The number of carbonyl (C=O) groups excluding carboxylic acids is 1. The van der Waals surface area contributed by atoms with Crippen molar-refractivity contribution < 1.29 is 4.79 Å². The first-order valence-corrected chi connectivity index (χ1v) is 8.67. The van der Waals surface area contributed by atoms with Gasteiger partial charge in [-0.1, -0.05) is 41.5 Å². The van der Waals surface area contributed by atoms with Crippen LogP contribution in [0.15, 0.2) is 52.1 Å². The van der Waals surface area contributed by atoms with Gasteiger partial charge in [0.05, 0.1) is 4.91 Å². The third-order valence-electron chi connectivity index (χ3n) is 3.39. The van der Waals surface area contributed by atoms with Crippen molar-refractivity contribution in [2.75, 3.05) is 14.1 Å². The normalized spacial score (nSPS) is 17.5. The second-order valence-electron chi connectivity index (χ2n) is 5.00. The van der Waals surface area contributed by atoms with Crippen molar-refractivity contribution in [1.82, 2.24) is 10.6 Å². The zero-order valence-corrected chi connectivity index (χ0v) is 15.9. The molecule has 0 atom stereocenters. The Morgan fingerprint density at radius 1 is 1.17 bits per heavy atom. The molecule has 1 heterocycles. The van der Waals surface area contributed by atoms with Crippen LogP contribution in [0.4, 0.5) is 0 Å². The van der Waals surface area contributed by atoms with Gasteiger partial charge in [-0.3, -0.25) is 4.79 Å². The van der Waals surface area contributed by atoms with Crippen molar-refractivity contribution in [3.05, 3.63) is 62.8 Å². The molecule has 0 unspecified atom stereocenters. The van der Waals surface area contributed by atoms with E-state index in [1.165, 1.54) is 11.8 Å². The second-order valence-corrected chi connectivity index (χ2v) is 6.90. The van der Waals surface area contributed by atoms with Gasteiger partial charge in [-0.15, -0.1) is 0 Å². The van der Waals surface area contributed by atoms with Crippen LogP contribution >= 0.6 is 35.0 Å². The molecule has 126 valence electrons. The Kier molecular flexibility index (Phi) is 6.15. The highest BCUT2D eigenvalue weighted by Crippen LogP contribution is 2.37. The molecule has 0 saturated carbocycles. The van der Waals surface area contributed by atoms with Gasteiger partial charge in [0.25, 0.3) is 5.91 Å². The van der Waals surface area contributed by atoms with E-state index in [1.807, 2.05) is 25.1 Å². The van der Waals surface area contributed by atoms with Gasteiger partial charge in [-0.25, -0.2) is 4.99 Å². The first-order valence-electron chi connectivity index (χ1n) is 7.10. The average Bonchev–Trinajstić information content (AvgIpc) is 2.96. The molecule has 1 aromatic rings. The number of hydrogen-bond donors (Lipinski definition) is 2. The quantitative estimate of drug-likeness (QED) is 0.819. The standard InChI is InChI=1S/C17H17Cl2N3OS/c1-9(11-5-12(18)7-13(19)6-11)14-8-15(16(23)21-4)24-17(14)22-10(2)20-3/h5-8,20H,2H2,1,3-4H3,(H,21,23)/b14-9+,22-17+. The maximum absolute atomic E-state index is 12.0. The van der Waals surface area contributed by atoms with E-state index in [0.717, 1.165) is 16.7 Å². The molecule has 1 aromatic carbocycles. The van der Waals surface area contributed by atoms with Crippen LogP contribution in [-0.2, 0) is 4.79 Å². The Bertz CT molecular complexity index is 777. The molecule has 0 saturated heterocycles. The van der Waals surface area contributed by atoms with Gasteiger partial charge in [-0.05, 0) is 42.3 Å². The number of allylic oxidation sites excluding steroid dienone is 2. The van der Waals surface area contributed by atoms with E-state index in [-0.39, 0.29) is 5.91 Å². The topological polar surface area (TPSA) is 53.5 Å². The van der Waals surface area contributed by atoms with Crippen molar-refractivity contribution in [2.24, 2.45) is 4.99 Å². The van der Waals surface area contributed by atoms with E-state index < -0.39 is 0 Å². The molecule has 1 amide bonds. The van der Waals surface area contributed by atoms with Crippen LogP contribution in [0.5, 0.6) is 0 Å². The van der Waals surface area contributed by atoms with Gasteiger partial charge < -0.3 is 10.6 Å². The largest absolute Gasteiger partial charge is 0.374 e. The maximum Gasteiger partial charge on any atom is 0.257 e. The van der Waals surface area contributed by atoms with Crippen LogP contribution in [0, 0.1) is 0 Å². The molecule has 0 radical (unpaired) electrons. The highest BCUT2D eigenvalue weighted by Gasteiger charge is 2.25. The number of benzene rings is 1. The second kappa shape index (κ2) is 7.92. The number of aliphatic imine (C=N–C) groups is 1. The molecule has 0 bridgehead atoms. The molecule has 0 fully saturated rings. The number of carbonyl (C=O) groups is 1. The number of likely N-dealkylation sites (N-methyl/N-ethyl adjacent to an activating group) is 1. The highest BCUT2D eigenvalue weighted by atomic mass is 35.5. The zero-order chi connectivity index (χ0) is 17.9. The molecule has 24 heavy (non-hydrogen) atoms. The summed E-state index contributed by atoms with van der Waals surface area (Å²) in [5.74, 6) is 0.355. The molecule has 4 nitrogen and oxygen atoms in total. The van der Waals surface area contributed by atoms with Crippen molar-refractivity contribution in [3.8, 4) is 0 Å². The Hall–Kier alpha value is -1.69. The number of nitrogens with one attached hydrogen (secondary N) is 2. The van der Waals surface area contributed by atoms with Gasteiger partial charge in [-0.2, -0.15) is 0 Å². The first kappa shape index (κ1) is 18.6. The lowest BCUT2D eigenvalue weighted by molar-refractivity contribution is -0.116. The zero-order valence-electron chi connectivity index (χ0n) is 13.5. The van der Waals surface area contributed by atoms with Crippen molar-refractivity contribution in [2.45, 2.75) is 6.92 Å². The fourth-order valence-corrected chi connectivity index (χ4v) is 3.66. The summed E-state index contributed by atoms with van der Waals surface area (Å²) < 4.78 is 0. The van der Waals surface area contributed by atoms with Gasteiger partial charge in [0.1, 0.15) is 10.9 Å². The predicted octanol–water partition coefficient (Wildman–Crippen LogP) is 4.23. The summed E-state index contributed by atoms with van der Waals surface area (Å²) in [6.45, 7) is 5.76. The highest BCUT2D eigenvalue weighted by molar-refractivity contribution is 8.19. The van der Waals surface area contributed by atoms with Crippen molar-refractivity contribution in [1.29, 1.82) is 0 Å². The number of rotatable bonds is 4. The lowest BCUT2D eigenvalue weighted by Crippen LogP contribution is -2.17. The van der Waals surface area contributed by atoms with E-state index in [4.69, 9.17) is 23.2 Å². The molecular formula is C17H17Cl2N3OS. The minimum absolute atomic E-state index is 0.158. The molecule has 2 N–H and O–H groups in total. The van der Waals surface area contributed by atoms with Gasteiger partial charge in [0.2, 0.25) is 0 Å². The number of halogens is 2. The number of nitrogens with zero attached hydrogens (tertiary/aromatic N) is 1. The minimum atomic E-state index is -0.158. The smallest absolute Gasteiger partial charge is 0.257 e. The molecule has 0 aliphatic carbocycles. The number of hydrogen-bond acceptors (Lipinski definition) is 4. The van der Waals surface area contributed by atoms with Crippen molar-refractivity contribution >= 4 is 51.5 Å². The lowest BCUT2D eigenvalue weighted by Gasteiger charge is -2.09.